The number of rotatable bonds is 7. The average Bonchev–Trinajstić information content (AvgIpc) is 3.04. The van der Waals surface area contributed by atoms with E-state index in [1.54, 1.807) is 38.1 Å². The number of hydrogen-bond acceptors (Lipinski definition) is 6. The van der Waals surface area contributed by atoms with Crippen LogP contribution >= 0.6 is 0 Å². The first-order valence-electron chi connectivity index (χ1n) is 16.1. The Labute approximate surface area is 293 Å². The van der Waals surface area contributed by atoms with Crippen LogP contribution in [0.5, 0.6) is 11.5 Å². The molecule has 3 aromatic carbocycles. The largest absolute Gasteiger partial charge is 0.466 e. The van der Waals surface area contributed by atoms with Gasteiger partial charge in [0.15, 0.2) is 0 Å². The molecule has 276 valence electrons. The van der Waals surface area contributed by atoms with E-state index in [9.17, 15) is 40.7 Å². The normalized spacial score (nSPS) is 16.2. The van der Waals surface area contributed by atoms with Gasteiger partial charge in [-0.05, 0) is 86.9 Å². The first kappa shape index (κ1) is 38.1. The Kier molecular flexibility index (Phi) is 10.8. The van der Waals surface area contributed by atoms with Crippen molar-refractivity contribution in [3.05, 3.63) is 116 Å². The predicted octanol–water partition coefficient (Wildman–Crippen LogP) is 7.61. The SMILES string of the molecule is CCOC(=O)C[C@@H]1NC(=O)[C@H](n2cc(CCN(C)C)c(C(F)(F)F)cc2=O)c2cccc(c2)Oc2cccc(C)c2-c2cc1c(F)c(C(F)(F)F)c2. The van der Waals surface area contributed by atoms with E-state index in [4.69, 9.17) is 9.47 Å². The van der Waals surface area contributed by atoms with Crippen molar-refractivity contribution in [3.63, 3.8) is 0 Å². The molecule has 52 heavy (non-hydrogen) atoms. The summed E-state index contributed by atoms with van der Waals surface area (Å²) in [4.78, 5) is 42.4. The highest BCUT2D eigenvalue weighted by Crippen LogP contribution is 2.43. The molecule has 2 atom stereocenters. The number of hydrogen-bond donors (Lipinski definition) is 1. The van der Waals surface area contributed by atoms with E-state index >= 15 is 4.39 Å². The molecule has 1 aliphatic rings. The second-order valence-corrected chi connectivity index (χ2v) is 12.5. The maximum atomic E-state index is 16.1. The first-order chi connectivity index (χ1) is 24.4. The number of nitrogens with one attached hydrogen (secondary N) is 1. The Morgan fingerprint density at radius 1 is 0.962 bits per heavy atom. The number of benzene rings is 3. The van der Waals surface area contributed by atoms with Crippen molar-refractivity contribution in [2.75, 3.05) is 27.2 Å². The summed E-state index contributed by atoms with van der Waals surface area (Å²) >= 11 is 0. The van der Waals surface area contributed by atoms with Crippen molar-refractivity contribution >= 4 is 11.9 Å². The fourth-order valence-electron chi connectivity index (χ4n) is 6.14. The maximum Gasteiger partial charge on any atom is 0.419 e. The first-order valence-corrected chi connectivity index (χ1v) is 16.1. The number of halogens is 7. The lowest BCUT2D eigenvalue weighted by Gasteiger charge is -2.27. The molecule has 0 fully saturated rings. The topological polar surface area (TPSA) is 89.9 Å². The molecule has 4 bridgehead atoms. The molecular formula is C37H34F7N3O5. The second-order valence-electron chi connectivity index (χ2n) is 12.5. The number of amides is 1. The molecule has 0 saturated heterocycles. The van der Waals surface area contributed by atoms with Crippen LogP contribution in [-0.2, 0) is 33.1 Å². The van der Waals surface area contributed by atoms with E-state index in [1.807, 2.05) is 0 Å². The van der Waals surface area contributed by atoms with Crippen LogP contribution in [0.4, 0.5) is 30.7 Å². The highest BCUT2D eigenvalue weighted by atomic mass is 19.4. The molecule has 0 saturated carbocycles. The van der Waals surface area contributed by atoms with Crippen molar-refractivity contribution in [2.24, 2.45) is 0 Å². The highest BCUT2D eigenvalue weighted by Gasteiger charge is 2.40. The third kappa shape index (κ3) is 8.14. The Balaban J connectivity index is 1.83. The Morgan fingerprint density at radius 3 is 2.31 bits per heavy atom. The minimum Gasteiger partial charge on any atom is -0.466 e. The van der Waals surface area contributed by atoms with Crippen LogP contribution in [0.3, 0.4) is 0 Å². The third-order valence-corrected chi connectivity index (χ3v) is 8.52. The lowest BCUT2D eigenvalue weighted by atomic mass is 9.91. The zero-order valence-electron chi connectivity index (χ0n) is 28.4. The number of nitrogens with zero attached hydrogens (tertiary/aromatic N) is 2. The molecule has 0 unspecified atom stereocenters. The van der Waals surface area contributed by atoms with Crippen molar-refractivity contribution < 1.29 is 49.8 Å². The number of esters is 1. The monoisotopic (exact) mass is 733 g/mol. The molecule has 1 amide bonds. The van der Waals surface area contributed by atoms with Gasteiger partial charge >= 0.3 is 18.3 Å². The van der Waals surface area contributed by atoms with Gasteiger partial charge in [-0.2, -0.15) is 26.3 Å². The molecule has 0 aliphatic carbocycles. The summed E-state index contributed by atoms with van der Waals surface area (Å²) in [7, 11) is 3.28. The van der Waals surface area contributed by atoms with E-state index in [-0.39, 0.29) is 53.3 Å². The Morgan fingerprint density at radius 2 is 1.65 bits per heavy atom. The highest BCUT2D eigenvalue weighted by molar-refractivity contribution is 5.85. The summed E-state index contributed by atoms with van der Waals surface area (Å²) in [5, 5.41) is 2.43. The molecule has 1 aromatic heterocycles. The molecular weight excluding hydrogens is 699 g/mol. The lowest BCUT2D eigenvalue weighted by Crippen LogP contribution is -2.41. The molecule has 0 spiro atoms. The summed E-state index contributed by atoms with van der Waals surface area (Å²) in [6, 6.07) is 8.82. The molecule has 15 heteroatoms. The molecule has 2 heterocycles. The van der Waals surface area contributed by atoms with Gasteiger partial charge < -0.3 is 19.7 Å². The summed E-state index contributed by atoms with van der Waals surface area (Å²) in [6.45, 7) is 3.06. The zero-order valence-corrected chi connectivity index (χ0v) is 28.4. The van der Waals surface area contributed by atoms with E-state index in [1.165, 1.54) is 37.3 Å². The van der Waals surface area contributed by atoms with Crippen molar-refractivity contribution in [3.8, 4) is 22.6 Å². The van der Waals surface area contributed by atoms with Gasteiger partial charge in [0.05, 0.1) is 30.2 Å². The summed E-state index contributed by atoms with van der Waals surface area (Å²) in [5.74, 6) is -3.79. The average molecular weight is 734 g/mol. The van der Waals surface area contributed by atoms with Crippen LogP contribution in [-0.4, -0.2) is 48.6 Å². The van der Waals surface area contributed by atoms with Crippen LogP contribution in [0, 0.1) is 12.7 Å². The number of carbonyl (C=O) groups is 2. The number of aryl methyl sites for hydroxylation is 1. The summed E-state index contributed by atoms with van der Waals surface area (Å²) in [5.41, 5.74) is -4.68. The number of fused-ring (bicyclic) bond motifs is 6. The summed E-state index contributed by atoms with van der Waals surface area (Å²) < 4.78 is 114. The molecule has 8 nitrogen and oxygen atoms in total. The van der Waals surface area contributed by atoms with Gasteiger partial charge in [0.2, 0.25) is 5.91 Å². The number of alkyl halides is 6. The van der Waals surface area contributed by atoms with Gasteiger partial charge in [0, 0.05) is 29.9 Å². The smallest absolute Gasteiger partial charge is 0.419 e. The zero-order chi connectivity index (χ0) is 38.1. The molecule has 5 rings (SSSR count). The molecule has 0 radical (unpaired) electrons. The van der Waals surface area contributed by atoms with Crippen LogP contribution in [0.15, 0.2) is 71.7 Å². The number of carbonyl (C=O) groups excluding carboxylic acids is 2. The number of likely N-dealkylation sites (N-methyl/N-ethyl adjacent to an activating group) is 1. The third-order valence-electron chi connectivity index (χ3n) is 8.52. The van der Waals surface area contributed by atoms with Crippen molar-refractivity contribution in [1.82, 2.24) is 14.8 Å². The van der Waals surface area contributed by atoms with Crippen LogP contribution < -0.4 is 15.6 Å². The number of aromatic nitrogens is 1. The number of ether oxygens (including phenoxy) is 2. The van der Waals surface area contributed by atoms with Crippen LogP contribution in [0.1, 0.15) is 58.8 Å². The number of pyridine rings is 1. The fraction of sp³-hybridized carbons (Fsp3) is 0.324. The van der Waals surface area contributed by atoms with E-state index in [0.717, 1.165) is 16.8 Å². The standard InChI is InChI=1S/C37H34F7N3O5/c1-5-51-31(49)18-28-25-15-23(16-27(33(25)38)37(42,43)44)32-20(2)8-6-11-29(32)52-24-10-7-9-21(14-24)34(35(50)45-28)47-19-22(12-13-46(3)4)26(17-30(47)48)36(39,40)41/h6-11,14-17,19,28,34H,5,12-13,18H2,1-4H3,(H,45,50)/t28-,34+/m0/s1. The van der Waals surface area contributed by atoms with E-state index in [0.29, 0.717) is 17.7 Å². The van der Waals surface area contributed by atoms with Crippen LogP contribution in [0.25, 0.3) is 11.1 Å². The minimum absolute atomic E-state index is 0.0296. The second kappa shape index (κ2) is 14.8. The van der Waals surface area contributed by atoms with Crippen molar-refractivity contribution in [1.29, 1.82) is 0 Å². The Hall–Kier alpha value is -5.18. The van der Waals surface area contributed by atoms with Gasteiger partial charge in [0.25, 0.3) is 5.56 Å². The van der Waals surface area contributed by atoms with Gasteiger partial charge in [0.1, 0.15) is 23.4 Å². The molecule has 1 N–H and O–H groups in total. The van der Waals surface area contributed by atoms with E-state index in [2.05, 4.69) is 5.32 Å². The van der Waals surface area contributed by atoms with Gasteiger partial charge in [-0.1, -0.05) is 24.3 Å². The Bertz CT molecular complexity index is 2060. The quantitative estimate of drug-likeness (QED) is 0.156. The van der Waals surface area contributed by atoms with Gasteiger partial charge in [-0.15, -0.1) is 0 Å². The molecule has 1 aliphatic heterocycles. The molecule has 4 aromatic rings. The predicted molar refractivity (Wildman–Crippen MR) is 176 cm³/mol. The van der Waals surface area contributed by atoms with Crippen molar-refractivity contribution in [2.45, 2.75) is 51.1 Å². The fourth-order valence-corrected chi connectivity index (χ4v) is 6.14. The minimum atomic E-state index is -5.23. The van der Waals surface area contributed by atoms with Crippen LogP contribution in [0.2, 0.25) is 0 Å². The maximum absolute atomic E-state index is 16.1. The summed E-state index contributed by atoms with van der Waals surface area (Å²) in [6.07, 6.45) is -10.3. The van der Waals surface area contributed by atoms with E-state index < -0.39 is 70.8 Å². The lowest BCUT2D eigenvalue weighted by molar-refractivity contribution is -0.144. The van der Waals surface area contributed by atoms with Gasteiger partial charge in [-0.3, -0.25) is 19.0 Å². The van der Waals surface area contributed by atoms with Gasteiger partial charge in [-0.25, -0.2) is 4.39 Å².